The van der Waals surface area contributed by atoms with Crippen LogP contribution in [0.5, 0.6) is 0 Å². The Morgan fingerprint density at radius 1 is 1.38 bits per heavy atom. The van der Waals surface area contributed by atoms with E-state index in [9.17, 15) is 0 Å². The molecule has 0 bridgehead atoms. The van der Waals surface area contributed by atoms with Crippen LogP contribution in [-0.2, 0) is 7.05 Å². The van der Waals surface area contributed by atoms with Crippen molar-refractivity contribution in [1.29, 1.82) is 0 Å². The second-order valence-electron chi connectivity index (χ2n) is 4.25. The van der Waals surface area contributed by atoms with Crippen LogP contribution in [-0.4, -0.2) is 19.3 Å². The number of aryl methyl sites for hydroxylation is 2. The highest BCUT2D eigenvalue weighted by molar-refractivity contribution is 5.59. The SMILES string of the molecule is Cc1nccn1-c1c(N)c(C(C)C)nn1C. The molecule has 0 amide bonds. The van der Waals surface area contributed by atoms with E-state index in [0.29, 0.717) is 5.92 Å². The number of nitrogen functional groups attached to an aromatic ring is 1. The van der Waals surface area contributed by atoms with Gasteiger partial charge in [0, 0.05) is 19.4 Å². The monoisotopic (exact) mass is 219 g/mol. The van der Waals surface area contributed by atoms with Crippen LogP contribution in [0.25, 0.3) is 5.82 Å². The van der Waals surface area contributed by atoms with Gasteiger partial charge in [-0.15, -0.1) is 0 Å². The Labute approximate surface area is 94.9 Å². The van der Waals surface area contributed by atoms with Crippen LogP contribution in [0, 0.1) is 6.92 Å². The zero-order chi connectivity index (χ0) is 11.9. The van der Waals surface area contributed by atoms with Gasteiger partial charge in [0.25, 0.3) is 0 Å². The van der Waals surface area contributed by atoms with E-state index >= 15 is 0 Å². The summed E-state index contributed by atoms with van der Waals surface area (Å²) in [6, 6.07) is 0. The standard InChI is InChI=1S/C11H17N5/c1-7(2)10-9(12)11(15(4)14-10)16-6-5-13-8(16)3/h5-7H,12H2,1-4H3. The predicted molar refractivity (Wildman–Crippen MR) is 63.6 cm³/mol. The molecule has 0 unspecified atom stereocenters. The first kappa shape index (κ1) is 10.7. The third-order valence-corrected chi connectivity index (χ3v) is 2.68. The topological polar surface area (TPSA) is 61.7 Å². The number of aromatic nitrogens is 4. The lowest BCUT2D eigenvalue weighted by atomic mass is 10.1. The Bertz CT molecular complexity index is 506. The van der Waals surface area contributed by atoms with Gasteiger partial charge in [0.15, 0.2) is 5.82 Å². The van der Waals surface area contributed by atoms with Crippen LogP contribution in [0.1, 0.15) is 31.3 Å². The van der Waals surface area contributed by atoms with Crippen molar-refractivity contribution in [2.45, 2.75) is 26.7 Å². The molecule has 0 radical (unpaired) electrons. The largest absolute Gasteiger partial charge is 0.394 e. The summed E-state index contributed by atoms with van der Waals surface area (Å²) >= 11 is 0. The third kappa shape index (κ3) is 1.48. The van der Waals surface area contributed by atoms with Gasteiger partial charge in [-0.2, -0.15) is 5.10 Å². The number of hydrogen-bond acceptors (Lipinski definition) is 3. The summed E-state index contributed by atoms with van der Waals surface area (Å²) in [6.45, 7) is 6.12. The fraction of sp³-hybridized carbons (Fsp3) is 0.455. The first-order valence-electron chi connectivity index (χ1n) is 5.35. The van der Waals surface area contributed by atoms with E-state index in [-0.39, 0.29) is 0 Å². The van der Waals surface area contributed by atoms with Crippen molar-refractivity contribution in [3.63, 3.8) is 0 Å². The zero-order valence-electron chi connectivity index (χ0n) is 10.1. The minimum atomic E-state index is 0.323. The Morgan fingerprint density at radius 3 is 2.50 bits per heavy atom. The van der Waals surface area contributed by atoms with E-state index in [0.717, 1.165) is 23.0 Å². The minimum Gasteiger partial charge on any atom is -0.394 e. The Kier molecular flexibility index (Phi) is 2.46. The van der Waals surface area contributed by atoms with Crippen molar-refractivity contribution in [2.24, 2.45) is 7.05 Å². The predicted octanol–water partition coefficient (Wildman–Crippen LogP) is 1.62. The third-order valence-electron chi connectivity index (χ3n) is 2.68. The highest BCUT2D eigenvalue weighted by Crippen LogP contribution is 2.26. The van der Waals surface area contributed by atoms with E-state index in [2.05, 4.69) is 23.9 Å². The molecule has 0 spiro atoms. The molecule has 0 aromatic carbocycles. The Balaban J connectivity index is 2.62. The molecule has 5 heteroatoms. The van der Waals surface area contributed by atoms with Gasteiger partial charge in [-0.1, -0.05) is 13.8 Å². The van der Waals surface area contributed by atoms with Crippen LogP contribution >= 0.6 is 0 Å². The van der Waals surface area contributed by atoms with E-state index < -0.39 is 0 Å². The van der Waals surface area contributed by atoms with E-state index in [1.54, 1.807) is 10.9 Å². The fourth-order valence-corrected chi connectivity index (χ4v) is 1.87. The van der Waals surface area contributed by atoms with Crippen LogP contribution < -0.4 is 5.73 Å². The van der Waals surface area contributed by atoms with Crippen molar-refractivity contribution in [3.05, 3.63) is 23.9 Å². The number of imidazole rings is 1. The van der Waals surface area contributed by atoms with E-state index in [1.165, 1.54) is 0 Å². The minimum absolute atomic E-state index is 0.323. The number of nitrogens with zero attached hydrogens (tertiary/aromatic N) is 4. The van der Waals surface area contributed by atoms with Gasteiger partial charge >= 0.3 is 0 Å². The summed E-state index contributed by atoms with van der Waals surface area (Å²) in [6.07, 6.45) is 3.66. The molecule has 2 aromatic heterocycles. The smallest absolute Gasteiger partial charge is 0.160 e. The van der Waals surface area contributed by atoms with Crippen molar-refractivity contribution in [3.8, 4) is 5.82 Å². The highest BCUT2D eigenvalue weighted by atomic mass is 15.3. The molecule has 2 rings (SSSR count). The highest BCUT2D eigenvalue weighted by Gasteiger charge is 2.17. The molecule has 16 heavy (non-hydrogen) atoms. The van der Waals surface area contributed by atoms with E-state index in [1.807, 2.05) is 24.7 Å². The summed E-state index contributed by atoms with van der Waals surface area (Å²) in [7, 11) is 1.90. The van der Waals surface area contributed by atoms with Crippen molar-refractivity contribution in [1.82, 2.24) is 19.3 Å². The molecule has 2 aromatic rings. The van der Waals surface area contributed by atoms with Crippen LogP contribution in [0.3, 0.4) is 0 Å². The molecule has 0 aliphatic heterocycles. The molecule has 86 valence electrons. The van der Waals surface area contributed by atoms with Crippen molar-refractivity contribution < 1.29 is 0 Å². The Morgan fingerprint density at radius 2 is 2.06 bits per heavy atom. The zero-order valence-corrected chi connectivity index (χ0v) is 10.1. The number of anilines is 1. The summed E-state index contributed by atoms with van der Waals surface area (Å²) in [5.41, 5.74) is 7.80. The molecule has 2 N–H and O–H groups in total. The van der Waals surface area contributed by atoms with Crippen molar-refractivity contribution in [2.75, 3.05) is 5.73 Å². The lowest BCUT2D eigenvalue weighted by Gasteiger charge is -2.06. The second-order valence-corrected chi connectivity index (χ2v) is 4.25. The van der Waals surface area contributed by atoms with Crippen LogP contribution in [0.2, 0.25) is 0 Å². The van der Waals surface area contributed by atoms with Crippen LogP contribution in [0.4, 0.5) is 5.69 Å². The average molecular weight is 219 g/mol. The molecule has 0 fully saturated rings. The Hall–Kier alpha value is -1.78. The first-order valence-corrected chi connectivity index (χ1v) is 5.35. The molecule has 5 nitrogen and oxygen atoms in total. The lowest BCUT2D eigenvalue weighted by Crippen LogP contribution is -2.05. The van der Waals surface area contributed by atoms with E-state index in [4.69, 9.17) is 5.73 Å². The number of hydrogen-bond donors (Lipinski definition) is 1. The normalized spacial score (nSPS) is 11.3. The second kappa shape index (κ2) is 3.66. The van der Waals surface area contributed by atoms with Gasteiger partial charge < -0.3 is 5.73 Å². The first-order chi connectivity index (χ1) is 7.52. The molecule has 0 aliphatic carbocycles. The van der Waals surface area contributed by atoms with Gasteiger partial charge in [-0.05, 0) is 12.8 Å². The van der Waals surface area contributed by atoms with Gasteiger partial charge in [-0.3, -0.25) is 4.57 Å². The lowest BCUT2D eigenvalue weighted by molar-refractivity contribution is 0.690. The maximum Gasteiger partial charge on any atom is 0.160 e. The molecule has 0 saturated carbocycles. The molecule has 0 aliphatic rings. The fourth-order valence-electron chi connectivity index (χ4n) is 1.87. The molecule has 0 saturated heterocycles. The summed E-state index contributed by atoms with van der Waals surface area (Å²) in [4.78, 5) is 4.20. The quantitative estimate of drug-likeness (QED) is 0.834. The van der Waals surface area contributed by atoms with Gasteiger partial charge in [0.2, 0.25) is 0 Å². The molecule has 2 heterocycles. The summed E-state index contributed by atoms with van der Waals surface area (Å²) < 4.78 is 3.76. The maximum atomic E-state index is 6.13. The molecular formula is C11H17N5. The van der Waals surface area contributed by atoms with Crippen molar-refractivity contribution >= 4 is 5.69 Å². The van der Waals surface area contributed by atoms with Gasteiger partial charge in [0.1, 0.15) is 5.82 Å². The van der Waals surface area contributed by atoms with Gasteiger partial charge in [-0.25, -0.2) is 9.67 Å². The molecular weight excluding hydrogens is 202 g/mol. The number of rotatable bonds is 2. The summed E-state index contributed by atoms with van der Waals surface area (Å²) in [5.74, 6) is 2.12. The maximum absolute atomic E-state index is 6.13. The summed E-state index contributed by atoms with van der Waals surface area (Å²) in [5, 5.41) is 4.45. The average Bonchev–Trinajstić information content (AvgIpc) is 2.71. The van der Waals surface area contributed by atoms with Gasteiger partial charge in [0.05, 0.1) is 11.4 Å². The van der Waals surface area contributed by atoms with Crippen LogP contribution in [0.15, 0.2) is 12.4 Å². The number of nitrogens with two attached hydrogens (primary N) is 1. The molecule has 0 atom stereocenters.